The number of carbonyl (C=O) groups excluding carboxylic acids is 1. The molecule has 0 saturated carbocycles. The van der Waals surface area contributed by atoms with E-state index in [1.807, 2.05) is 40.7 Å². The Morgan fingerprint density at radius 1 is 1.35 bits per heavy atom. The lowest BCUT2D eigenvalue weighted by Crippen LogP contribution is -2.40. The minimum atomic E-state index is 0.186. The minimum absolute atomic E-state index is 0.186. The summed E-state index contributed by atoms with van der Waals surface area (Å²) in [4.78, 5) is 19.6. The second-order valence-corrected chi connectivity index (χ2v) is 6.21. The van der Waals surface area contributed by atoms with Crippen molar-refractivity contribution >= 4 is 17.2 Å². The lowest BCUT2D eigenvalue weighted by atomic mass is 9.93. The van der Waals surface area contributed by atoms with Crippen LogP contribution >= 0.6 is 11.3 Å². The second-order valence-electron chi connectivity index (χ2n) is 5.26. The topological polar surface area (TPSA) is 33.2 Å². The molecule has 3 rings (SSSR count). The summed E-state index contributed by atoms with van der Waals surface area (Å²) in [6.45, 7) is 1.74. The first-order chi connectivity index (χ1) is 9.83. The predicted octanol–water partition coefficient (Wildman–Crippen LogP) is 3.24. The maximum Gasteiger partial charge on any atom is 0.263 e. The van der Waals surface area contributed by atoms with Gasteiger partial charge in [-0.3, -0.25) is 9.78 Å². The van der Waals surface area contributed by atoms with Crippen molar-refractivity contribution in [2.75, 3.05) is 13.1 Å². The zero-order valence-corrected chi connectivity index (χ0v) is 12.2. The average molecular weight is 286 g/mol. The van der Waals surface area contributed by atoms with Gasteiger partial charge in [-0.25, -0.2) is 0 Å². The average Bonchev–Trinajstić information content (AvgIpc) is 3.02. The third-order valence-electron chi connectivity index (χ3n) is 3.76. The predicted molar refractivity (Wildman–Crippen MR) is 80.9 cm³/mol. The summed E-state index contributed by atoms with van der Waals surface area (Å²) in [6.07, 6.45) is 5.08. The Morgan fingerprint density at radius 2 is 2.30 bits per heavy atom. The number of likely N-dealkylation sites (tertiary alicyclic amines) is 1. The number of piperidine rings is 1. The number of hydrogen-bond acceptors (Lipinski definition) is 3. The Kier molecular flexibility index (Phi) is 4.11. The van der Waals surface area contributed by atoms with Gasteiger partial charge < -0.3 is 4.90 Å². The molecular weight excluding hydrogens is 268 g/mol. The highest BCUT2D eigenvalue weighted by Crippen LogP contribution is 2.22. The molecule has 3 heterocycles. The summed E-state index contributed by atoms with van der Waals surface area (Å²) < 4.78 is 0. The van der Waals surface area contributed by atoms with Crippen LogP contribution in [0.1, 0.15) is 28.2 Å². The first-order valence-corrected chi connectivity index (χ1v) is 7.93. The zero-order valence-electron chi connectivity index (χ0n) is 11.4. The number of rotatable bonds is 3. The molecule has 0 N–H and O–H groups in total. The maximum absolute atomic E-state index is 12.4. The van der Waals surface area contributed by atoms with Crippen LogP contribution in [0.3, 0.4) is 0 Å². The van der Waals surface area contributed by atoms with E-state index >= 15 is 0 Å². The van der Waals surface area contributed by atoms with Crippen LogP contribution in [0.4, 0.5) is 0 Å². The van der Waals surface area contributed by atoms with Gasteiger partial charge in [-0.1, -0.05) is 12.1 Å². The van der Waals surface area contributed by atoms with E-state index in [9.17, 15) is 4.79 Å². The fourth-order valence-corrected chi connectivity index (χ4v) is 3.48. The van der Waals surface area contributed by atoms with Crippen molar-refractivity contribution in [3.63, 3.8) is 0 Å². The highest BCUT2D eigenvalue weighted by atomic mass is 32.1. The van der Waals surface area contributed by atoms with Crippen molar-refractivity contribution in [1.82, 2.24) is 9.88 Å². The van der Waals surface area contributed by atoms with Crippen LogP contribution in [0.25, 0.3) is 0 Å². The summed E-state index contributed by atoms with van der Waals surface area (Å²) in [5.41, 5.74) is 1.13. The molecule has 4 heteroatoms. The van der Waals surface area contributed by atoms with Crippen LogP contribution in [0.2, 0.25) is 0 Å². The molecule has 1 atom stereocenters. The van der Waals surface area contributed by atoms with Gasteiger partial charge in [0.1, 0.15) is 0 Å². The molecule has 0 aromatic carbocycles. The van der Waals surface area contributed by atoms with Crippen molar-refractivity contribution in [2.45, 2.75) is 19.3 Å². The summed E-state index contributed by atoms with van der Waals surface area (Å²) in [6, 6.07) is 9.89. The fourth-order valence-electron chi connectivity index (χ4n) is 2.79. The van der Waals surface area contributed by atoms with E-state index in [2.05, 4.69) is 11.1 Å². The van der Waals surface area contributed by atoms with Gasteiger partial charge in [-0.2, -0.15) is 0 Å². The van der Waals surface area contributed by atoms with E-state index in [4.69, 9.17) is 0 Å². The van der Waals surface area contributed by atoms with Gasteiger partial charge in [0.25, 0.3) is 5.91 Å². The summed E-state index contributed by atoms with van der Waals surface area (Å²) in [5, 5.41) is 1.96. The number of amides is 1. The largest absolute Gasteiger partial charge is 0.338 e. The summed E-state index contributed by atoms with van der Waals surface area (Å²) in [5.74, 6) is 0.716. The van der Waals surface area contributed by atoms with Gasteiger partial charge in [-0.15, -0.1) is 11.3 Å². The smallest absolute Gasteiger partial charge is 0.263 e. The number of nitrogens with zero attached hydrogens (tertiary/aromatic N) is 2. The molecule has 1 aliphatic rings. The van der Waals surface area contributed by atoms with Crippen molar-refractivity contribution in [1.29, 1.82) is 0 Å². The van der Waals surface area contributed by atoms with Crippen LogP contribution < -0.4 is 0 Å². The van der Waals surface area contributed by atoms with Crippen molar-refractivity contribution in [3.8, 4) is 0 Å². The fraction of sp³-hybridized carbons (Fsp3) is 0.375. The van der Waals surface area contributed by atoms with Crippen molar-refractivity contribution in [3.05, 3.63) is 52.5 Å². The van der Waals surface area contributed by atoms with Gasteiger partial charge in [0.2, 0.25) is 0 Å². The molecule has 2 aromatic heterocycles. The molecule has 0 aliphatic carbocycles. The van der Waals surface area contributed by atoms with Gasteiger partial charge in [0.05, 0.1) is 4.88 Å². The Morgan fingerprint density at radius 3 is 3.05 bits per heavy atom. The van der Waals surface area contributed by atoms with Crippen LogP contribution in [0.5, 0.6) is 0 Å². The van der Waals surface area contributed by atoms with Crippen LogP contribution in [0.15, 0.2) is 41.9 Å². The maximum atomic E-state index is 12.4. The molecule has 0 bridgehead atoms. The normalized spacial score (nSPS) is 19.0. The lowest BCUT2D eigenvalue weighted by molar-refractivity contribution is 0.0677. The van der Waals surface area contributed by atoms with Crippen molar-refractivity contribution < 1.29 is 4.79 Å². The van der Waals surface area contributed by atoms with Crippen LogP contribution in [-0.4, -0.2) is 28.9 Å². The Labute approximate surface area is 123 Å². The third kappa shape index (κ3) is 3.07. The van der Waals surface area contributed by atoms with E-state index in [0.29, 0.717) is 5.92 Å². The van der Waals surface area contributed by atoms with E-state index in [1.54, 1.807) is 0 Å². The second kappa shape index (κ2) is 6.18. The molecule has 1 amide bonds. The van der Waals surface area contributed by atoms with Crippen molar-refractivity contribution in [2.24, 2.45) is 5.92 Å². The Hall–Kier alpha value is -1.68. The monoisotopic (exact) mass is 286 g/mol. The van der Waals surface area contributed by atoms with Crippen LogP contribution in [-0.2, 0) is 6.42 Å². The molecule has 104 valence electrons. The molecule has 20 heavy (non-hydrogen) atoms. The summed E-state index contributed by atoms with van der Waals surface area (Å²) >= 11 is 1.53. The van der Waals surface area contributed by atoms with E-state index < -0.39 is 0 Å². The standard InChI is InChI=1S/C16H18N2OS/c19-16(15-7-4-10-20-15)18-9-3-5-13(12-18)11-14-6-1-2-8-17-14/h1-2,4,6-8,10,13H,3,5,9,11-12H2/t13-/m0/s1. The molecule has 3 nitrogen and oxygen atoms in total. The van der Waals surface area contributed by atoms with E-state index in [-0.39, 0.29) is 5.91 Å². The molecule has 0 spiro atoms. The molecule has 1 aliphatic heterocycles. The van der Waals surface area contributed by atoms with Gasteiger partial charge >= 0.3 is 0 Å². The van der Waals surface area contributed by atoms with Gasteiger partial charge in [-0.05, 0) is 48.8 Å². The quantitative estimate of drug-likeness (QED) is 0.868. The number of aromatic nitrogens is 1. The molecule has 1 fully saturated rings. The summed E-state index contributed by atoms with van der Waals surface area (Å²) in [7, 11) is 0. The third-order valence-corrected chi connectivity index (χ3v) is 4.62. The molecule has 2 aromatic rings. The lowest BCUT2D eigenvalue weighted by Gasteiger charge is -2.32. The SMILES string of the molecule is O=C(c1cccs1)N1CCC[C@@H](Cc2ccccn2)C1. The number of thiophene rings is 1. The highest BCUT2D eigenvalue weighted by molar-refractivity contribution is 7.12. The van der Waals surface area contributed by atoms with Crippen LogP contribution in [0, 0.1) is 5.92 Å². The van der Waals surface area contributed by atoms with Gasteiger partial charge in [0.15, 0.2) is 0 Å². The van der Waals surface area contributed by atoms with E-state index in [1.165, 1.54) is 17.8 Å². The minimum Gasteiger partial charge on any atom is -0.338 e. The number of carbonyl (C=O) groups is 1. The Bertz CT molecular complexity index is 553. The number of pyridine rings is 1. The number of hydrogen-bond donors (Lipinski definition) is 0. The molecular formula is C16H18N2OS. The van der Waals surface area contributed by atoms with Gasteiger partial charge in [0, 0.05) is 25.0 Å². The van der Waals surface area contributed by atoms with E-state index in [0.717, 1.165) is 36.5 Å². The molecule has 0 radical (unpaired) electrons. The Balaban J connectivity index is 1.63. The first kappa shape index (κ1) is 13.3. The zero-order chi connectivity index (χ0) is 13.8. The molecule has 1 saturated heterocycles. The molecule has 0 unspecified atom stereocenters. The first-order valence-electron chi connectivity index (χ1n) is 7.05. The highest BCUT2D eigenvalue weighted by Gasteiger charge is 2.25.